The van der Waals surface area contributed by atoms with Gasteiger partial charge >= 0.3 is 0 Å². The van der Waals surface area contributed by atoms with E-state index in [9.17, 15) is 5.11 Å². The van der Waals surface area contributed by atoms with Crippen LogP contribution in [0.5, 0.6) is 0 Å². The van der Waals surface area contributed by atoms with Crippen LogP contribution in [0.15, 0.2) is 0 Å². The van der Waals surface area contributed by atoms with Gasteiger partial charge in [0, 0.05) is 39.3 Å². The Kier molecular flexibility index (Phi) is 6.14. The summed E-state index contributed by atoms with van der Waals surface area (Å²) in [7, 11) is 0. The van der Waals surface area contributed by atoms with Gasteiger partial charge in [-0.1, -0.05) is 13.3 Å². The Bertz CT molecular complexity index is 331. The van der Waals surface area contributed by atoms with Crippen LogP contribution < -0.4 is 0 Å². The van der Waals surface area contributed by atoms with E-state index in [1.165, 1.54) is 32.1 Å². The lowest BCUT2D eigenvalue weighted by molar-refractivity contribution is 0.00276. The van der Waals surface area contributed by atoms with Gasteiger partial charge in [0.05, 0.1) is 12.7 Å². The topological polar surface area (TPSA) is 35.9 Å². The smallest absolute Gasteiger partial charge is 0.0900 e. The molecule has 1 heterocycles. The predicted octanol–water partition coefficient (Wildman–Crippen LogP) is 1.83. The van der Waals surface area contributed by atoms with Crippen molar-refractivity contribution < 1.29 is 9.84 Å². The lowest BCUT2D eigenvalue weighted by Gasteiger charge is -2.34. The third-order valence-electron chi connectivity index (χ3n) is 6.21. The molecule has 2 bridgehead atoms. The van der Waals surface area contributed by atoms with Crippen LogP contribution in [0.3, 0.4) is 0 Å². The Morgan fingerprint density at radius 3 is 2.50 bits per heavy atom. The molecule has 1 N–H and O–H groups in total. The van der Waals surface area contributed by atoms with Gasteiger partial charge in [0.1, 0.15) is 0 Å². The van der Waals surface area contributed by atoms with E-state index in [1.807, 2.05) is 0 Å². The van der Waals surface area contributed by atoms with Gasteiger partial charge in [-0.05, 0) is 50.0 Å². The highest BCUT2D eigenvalue weighted by atomic mass is 16.5. The van der Waals surface area contributed by atoms with Gasteiger partial charge in [-0.2, -0.15) is 0 Å². The summed E-state index contributed by atoms with van der Waals surface area (Å²) in [6.07, 6.45) is 6.75. The molecule has 0 radical (unpaired) electrons. The van der Waals surface area contributed by atoms with Crippen molar-refractivity contribution in [2.24, 2.45) is 17.8 Å². The number of likely N-dealkylation sites (N-methyl/N-ethyl adjacent to an activating group) is 1. The molecule has 3 fully saturated rings. The van der Waals surface area contributed by atoms with E-state index >= 15 is 0 Å². The summed E-state index contributed by atoms with van der Waals surface area (Å²) >= 11 is 0. The quantitative estimate of drug-likeness (QED) is 0.694. The third kappa shape index (κ3) is 4.44. The van der Waals surface area contributed by atoms with Crippen molar-refractivity contribution in [2.45, 2.75) is 45.1 Å². The molecule has 2 saturated carbocycles. The molecule has 0 aromatic heterocycles. The highest BCUT2D eigenvalue weighted by molar-refractivity contribution is 4.89. The summed E-state index contributed by atoms with van der Waals surface area (Å²) in [6, 6.07) is 0. The summed E-state index contributed by atoms with van der Waals surface area (Å²) in [5, 5.41) is 10.1. The van der Waals surface area contributed by atoms with E-state index in [4.69, 9.17) is 4.74 Å². The van der Waals surface area contributed by atoms with Crippen molar-refractivity contribution in [1.29, 1.82) is 0 Å². The molecule has 128 valence electrons. The minimum absolute atomic E-state index is 0.326. The number of aliphatic hydroxyl groups is 1. The van der Waals surface area contributed by atoms with Crippen LogP contribution in [-0.2, 0) is 4.74 Å². The molecule has 0 spiro atoms. The lowest BCUT2D eigenvalue weighted by Crippen LogP contribution is -2.48. The summed E-state index contributed by atoms with van der Waals surface area (Å²) < 4.78 is 5.76. The van der Waals surface area contributed by atoms with Gasteiger partial charge in [-0.3, -0.25) is 4.90 Å². The zero-order valence-electron chi connectivity index (χ0n) is 14.3. The Hall–Kier alpha value is -0.160. The zero-order valence-corrected chi connectivity index (χ0v) is 14.3. The molecule has 4 heteroatoms. The van der Waals surface area contributed by atoms with Gasteiger partial charge in [0.2, 0.25) is 0 Å². The minimum atomic E-state index is -0.326. The molecule has 3 aliphatic rings. The van der Waals surface area contributed by atoms with Crippen molar-refractivity contribution in [3.63, 3.8) is 0 Å². The van der Waals surface area contributed by atoms with E-state index in [2.05, 4.69) is 16.7 Å². The van der Waals surface area contributed by atoms with E-state index < -0.39 is 0 Å². The van der Waals surface area contributed by atoms with E-state index in [-0.39, 0.29) is 6.10 Å². The summed E-state index contributed by atoms with van der Waals surface area (Å²) in [5.41, 5.74) is 0. The van der Waals surface area contributed by atoms with Crippen LogP contribution in [0.4, 0.5) is 0 Å². The van der Waals surface area contributed by atoms with Gasteiger partial charge in [0.25, 0.3) is 0 Å². The van der Waals surface area contributed by atoms with Crippen LogP contribution in [0.2, 0.25) is 0 Å². The molecule has 0 aromatic rings. The monoisotopic (exact) mass is 310 g/mol. The van der Waals surface area contributed by atoms with Crippen molar-refractivity contribution in [2.75, 3.05) is 52.5 Å². The van der Waals surface area contributed by atoms with Crippen LogP contribution >= 0.6 is 0 Å². The molecule has 22 heavy (non-hydrogen) atoms. The fourth-order valence-corrected chi connectivity index (χ4v) is 4.82. The highest BCUT2D eigenvalue weighted by Gasteiger charge is 2.38. The SMILES string of the molecule is CCN1CCN(C[C@H](O)COCC[C@@H]2C[C@H]3CC[C@H]2C3)CC1. The first kappa shape index (κ1) is 16.7. The van der Waals surface area contributed by atoms with Gasteiger partial charge in [-0.15, -0.1) is 0 Å². The first-order valence-electron chi connectivity index (χ1n) is 9.45. The summed E-state index contributed by atoms with van der Waals surface area (Å²) in [4.78, 5) is 4.84. The number of rotatable bonds is 8. The first-order chi connectivity index (χ1) is 10.7. The third-order valence-corrected chi connectivity index (χ3v) is 6.21. The average molecular weight is 310 g/mol. The Balaban J connectivity index is 1.23. The van der Waals surface area contributed by atoms with E-state index in [0.29, 0.717) is 6.61 Å². The number of piperazine rings is 1. The van der Waals surface area contributed by atoms with Gasteiger partial charge < -0.3 is 14.7 Å². The number of hydrogen-bond acceptors (Lipinski definition) is 4. The second-order valence-corrected chi connectivity index (χ2v) is 7.69. The highest BCUT2D eigenvalue weighted by Crippen LogP contribution is 2.49. The van der Waals surface area contributed by atoms with Crippen LogP contribution in [0, 0.1) is 17.8 Å². The Labute approximate surface area is 135 Å². The minimum Gasteiger partial charge on any atom is -0.389 e. The molecule has 0 aromatic carbocycles. The number of nitrogens with zero attached hydrogens (tertiary/aromatic N) is 2. The molecule has 4 nitrogen and oxygen atoms in total. The van der Waals surface area contributed by atoms with Crippen LogP contribution in [0.25, 0.3) is 0 Å². The second-order valence-electron chi connectivity index (χ2n) is 7.69. The Morgan fingerprint density at radius 2 is 1.86 bits per heavy atom. The molecular weight excluding hydrogens is 276 g/mol. The molecule has 0 unspecified atom stereocenters. The zero-order chi connectivity index (χ0) is 15.4. The molecular formula is C18H34N2O2. The number of aliphatic hydroxyl groups excluding tert-OH is 1. The molecule has 1 saturated heterocycles. The summed E-state index contributed by atoms with van der Waals surface area (Å²) in [5.74, 6) is 2.94. The molecule has 3 rings (SSSR count). The van der Waals surface area contributed by atoms with Gasteiger partial charge in [0.15, 0.2) is 0 Å². The van der Waals surface area contributed by atoms with Crippen LogP contribution in [0.1, 0.15) is 39.0 Å². The lowest BCUT2D eigenvalue weighted by atomic mass is 9.87. The maximum absolute atomic E-state index is 10.1. The number of ether oxygens (including phenoxy) is 1. The fraction of sp³-hybridized carbons (Fsp3) is 1.00. The predicted molar refractivity (Wildman–Crippen MR) is 88.9 cm³/mol. The Morgan fingerprint density at radius 1 is 1.09 bits per heavy atom. The largest absolute Gasteiger partial charge is 0.389 e. The molecule has 0 amide bonds. The number of β-amino-alcohol motifs (C(OH)–C–C–N with tert-alkyl or cyclic N) is 1. The fourth-order valence-electron chi connectivity index (χ4n) is 4.82. The van der Waals surface area contributed by atoms with Crippen molar-refractivity contribution in [3.05, 3.63) is 0 Å². The van der Waals surface area contributed by atoms with Crippen molar-refractivity contribution >= 4 is 0 Å². The van der Waals surface area contributed by atoms with Crippen molar-refractivity contribution in [1.82, 2.24) is 9.80 Å². The molecule has 2 aliphatic carbocycles. The standard InChI is InChI=1S/C18H34N2O2/c1-2-19-6-8-20(9-7-19)13-18(21)14-22-10-5-17-12-15-3-4-16(17)11-15/h15-18,21H,2-14H2,1H3/t15-,16-,17+,18-/m0/s1. The maximum Gasteiger partial charge on any atom is 0.0900 e. The first-order valence-corrected chi connectivity index (χ1v) is 9.45. The molecule has 4 atom stereocenters. The van der Waals surface area contributed by atoms with E-state index in [0.717, 1.165) is 63.6 Å². The summed E-state index contributed by atoms with van der Waals surface area (Å²) in [6.45, 7) is 9.90. The van der Waals surface area contributed by atoms with E-state index in [1.54, 1.807) is 0 Å². The number of fused-ring (bicyclic) bond motifs is 2. The van der Waals surface area contributed by atoms with Gasteiger partial charge in [-0.25, -0.2) is 0 Å². The van der Waals surface area contributed by atoms with Crippen molar-refractivity contribution in [3.8, 4) is 0 Å². The second kappa shape index (κ2) is 8.09. The molecule has 1 aliphatic heterocycles. The maximum atomic E-state index is 10.1. The van der Waals surface area contributed by atoms with Crippen LogP contribution in [-0.4, -0.2) is 73.5 Å². The average Bonchev–Trinajstić information content (AvgIpc) is 3.15. The normalized spacial score (nSPS) is 34.4. The number of hydrogen-bond donors (Lipinski definition) is 1.